The lowest BCUT2D eigenvalue weighted by Gasteiger charge is -2.32. The molecule has 2 aromatic rings. The molecule has 3 rings (SSSR count). The molecule has 0 bridgehead atoms. The first-order valence-electron chi connectivity index (χ1n) is 8.51. The maximum Gasteiger partial charge on any atom is 0.272 e. The number of pyridine rings is 1. The van der Waals surface area contributed by atoms with Crippen molar-refractivity contribution in [2.45, 2.75) is 13.3 Å². The maximum atomic E-state index is 12.5. The molecule has 2 amide bonds. The summed E-state index contributed by atoms with van der Waals surface area (Å²) in [5.41, 5.74) is 3.56. The van der Waals surface area contributed by atoms with Crippen molar-refractivity contribution in [1.82, 2.24) is 14.8 Å². The second-order valence-electron chi connectivity index (χ2n) is 6.00. The van der Waals surface area contributed by atoms with Crippen LogP contribution in [0.4, 0.5) is 11.4 Å². The molecule has 1 aliphatic heterocycles. The lowest BCUT2D eigenvalue weighted by atomic mass is 10.1. The largest absolute Gasteiger partial charge is 0.354 e. The predicted octanol–water partition coefficient (Wildman–Crippen LogP) is 2.30. The van der Waals surface area contributed by atoms with Crippen molar-refractivity contribution in [3.05, 3.63) is 53.9 Å². The Morgan fingerprint density at radius 3 is 2.56 bits per heavy atom. The van der Waals surface area contributed by atoms with Crippen molar-refractivity contribution in [2.75, 3.05) is 31.5 Å². The van der Waals surface area contributed by atoms with Gasteiger partial charge in [0.1, 0.15) is 5.69 Å². The molecule has 1 saturated heterocycles. The third-order valence-corrected chi connectivity index (χ3v) is 4.41. The van der Waals surface area contributed by atoms with E-state index >= 15 is 0 Å². The molecule has 0 atom stereocenters. The molecule has 0 aliphatic carbocycles. The first-order valence-corrected chi connectivity index (χ1v) is 8.51. The molecular weight excluding hydrogens is 316 g/mol. The van der Waals surface area contributed by atoms with Crippen LogP contribution in [0.15, 0.2) is 42.6 Å². The van der Waals surface area contributed by atoms with Gasteiger partial charge in [-0.2, -0.15) is 0 Å². The number of rotatable bonds is 5. The predicted molar refractivity (Wildman–Crippen MR) is 96.9 cm³/mol. The van der Waals surface area contributed by atoms with Crippen LogP contribution in [0.25, 0.3) is 0 Å². The molecule has 2 heterocycles. The summed E-state index contributed by atoms with van der Waals surface area (Å²) in [5, 5.41) is 3.35. The summed E-state index contributed by atoms with van der Waals surface area (Å²) in [6, 6.07) is 11.7. The van der Waals surface area contributed by atoms with E-state index in [0.717, 1.165) is 24.2 Å². The molecule has 0 unspecified atom stereocenters. The second kappa shape index (κ2) is 7.79. The number of carbonyl (C=O) groups excluding carboxylic acids is 2. The Morgan fingerprint density at radius 2 is 1.92 bits per heavy atom. The number of anilines is 2. The minimum absolute atomic E-state index is 0.0916. The van der Waals surface area contributed by atoms with E-state index in [1.54, 1.807) is 22.1 Å². The quantitative estimate of drug-likeness (QED) is 0.850. The number of aryl methyl sites for hydroxylation is 1. The van der Waals surface area contributed by atoms with Crippen molar-refractivity contribution in [3.8, 4) is 0 Å². The van der Waals surface area contributed by atoms with Crippen LogP contribution in [0.5, 0.6) is 0 Å². The fourth-order valence-corrected chi connectivity index (χ4v) is 2.89. The topological polar surface area (TPSA) is 65.5 Å². The highest BCUT2D eigenvalue weighted by atomic mass is 16.2. The molecule has 130 valence electrons. The smallest absolute Gasteiger partial charge is 0.272 e. The van der Waals surface area contributed by atoms with Crippen LogP contribution in [0.1, 0.15) is 23.0 Å². The number of para-hydroxylation sites is 1. The fourth-order valence-electron chi connectivity index (χ4n) is 2.89. The van der Waals surface area contributed by atoms with Crippen LogP contribution in [-0.4, -0.2) is 53.3 Å². The monoisotopic (exact) mass is 338 g/mol. The standard InChI is InChI=1S/C19H22N4O2/c1-2-15-5-3-4-6-17(15)21-16-7-8-18(20-13-16)19(25)23-11-9-22(14-24)10-12-23/h3-8,13-14,21H,2,9-12H2,1H3. The summed E-state index contributed by atoms with van der Waals surface area (Å²) < 4.78 is 0. The first-order chi connectivity index (χ1) is 12.2. The van der Waals surface area contributed by atoms with Crippen molar-refractivity contribution < 1.29 is 9.59 Å². The van der Waals surface area contributed by atoms with Crippen LogP contribution in [0, 0.1) is 0 Å². The van der Waals surface area contributed by atoms with Gasteiger partial charge in [-0.25, -0.2) is 4.98 Å². The summed E-state index contributed by atoms with van der Waals surface area (Å²) in [7, 11) is 0. The van der Waals surface area contributed by atoms with Crippen LogP contribution < -0.4 is 5.32 Å². The summed E-state index contributed by atoms with van der Waals surface area (Å²) in [6.07, 6.45) is 3.45. The molecule has 25 heavy (non-hydrogen) atoms. The normalized spacial score (nSPS) is 14.3. The fraction of sp³-hybridized carbons (Fsp3) is 0.316. The average Bonchev–Trinajstić information content (AvgIpc) is 2.68. The zero-order valence-electron chi connectivity index (χ0n) is 14.3. The van der Waals surface area contributed by atoms with Crippen molar-refractivity contribution in [3.63, 3.8) is 0 Å². The van der Waals surface area contributed by atoms with Gasteiger partial charge in [-0.05, 0) is 30.2 Å². The minimum atomic E-state index is -0.0916. The van der Waals surface area contributed by atoms with Gasteiger partial charge in [0.05, 0.1) is 11.9 Å². The Morgan fingerprint density at radius 1 is 1.16 bits per heavy atom. The van der Waals surface area contributed by atoms with E-state index < -0.39 is 0 Å². The molecule has 0 spiro atoms. The molecule has 0 saturated carbocycles. The Balaban J connectivity index is 1.66. The van der Waals surface area contributed by atoms with Gasteiger partial charge in [0.2, 0.25) is 6.41 Å². The molecule has 1 fully saturated rings. The highest BCUT2D eigenvalue weighted by Crippen LogP contribution is 2.21. The molecule has 1 aromatic carbocycles. The van der Waals surface area contributed by atoms with Crippen LogP contribution in [-0.2, 0) is 11.2 Å². The van der Waals surface area contributed by atoms with Crippen molar-refractivity contribution >= 4 is 23.7 Å². The van der Waals surface area contributed by atoms with Crippen LogP contribution >= 0.6 is 0 Å². The van der Waals surface area contributed by atoms with Gasteiger partial charge < -0.3 is 15.1 Å². The summed E-state index contributed by atoms with van der Waals surface area (Å²) in [4.78, 5) is 31.0. The summed E-state index contributed by atoms with van der Waals surface area (Å²) in [6.45, 7) is 4.35. The SMILES string of the molecule is CCc1ccccc1Nc1ccc(C(=O)N2CCN(C=O)CC2)nc1. The minimum Gasteiger partial charge on any atom is -0.354 e. The highest BCUT2D eigenvalue weighted by Gasteiger charge is 2.22. The number of carbonyl (C=O) groups is 2. The molecule has 0 radical (unpaired) electrons. The maximum absolute atomic E-state index is 12.5. The van der Waals surface area contributed by atoms with E-state index in [4.69, 9.17) is 0 Å². The van der Waals surface area contributed by atoms with Gasteiger partial charge in [-0.15, -0.1) is 0 Å². The van der Waals surface area contributed by atoms with Gasteiger partial charge >= 0.3 is 0 Å². The number of hydrogen-bond donors (Lipinski definition) is 1. The lowest BCUT2D eigenvalue weighted by Crippen LogP contribution is -2.48. The van der Waals surface area contributed by atoms with Gasteiger partial charge in [-0.3, -0.25) is 9.59 Å². The number of benzene rings is 1. The van der Waals surface area contributed by atoms with Crippen LogP contribution in [0.2, 0.25) is 0 Å². The Labute approximate surface area is 147 Å². The third kappa shape index (κ3) is 3.96. The molecule has 1 aromatic heterocycles. The number of amides is 2. The molecule has 6 nitrogen and oxygen atoms in total. The zero-order chi connectivity index (χ0) is 17.6. The number of hydrogen-bond acceptors (Lipinski definition) is 4. The van der Waals surface area contributed by atoms with E-state index in [0.29, 0.717) is 31.9 Å². The van der Waals surface area contributed by atoms with Crippen molar-refractivity contribution in [1.29, 1.82) is 0 Å². The molecule has 1 N–H and O–H groups in total. The highest BCUT2D eigenvalue weighted by molar-refractivity contribution is 5.92. The van der Waals surface area contributed by atoms with E-state index in [1.807, 2.05) is 24.3 Å². The van der Waals surface area contributed by atoms with E-state index in [-0.39, 0.29) is 5.91 Å². The third-order valence-electron chi connectivity index (χ3n) is 4.41. The van der Waals surface area contributed by atoms with Gasteiger partial charge in [0.25, 0.3) is 5.91 Å². The number of piperazine rings is 1. The summed E-state index contributed by atoms with van der Waals surface area (Å²) in [5.74, 6) is -0.0916. The number of nitrogens with zero attached hydrogens (tertiary/aromatic N) is 3. The Hall–Kier alpha value is -2.89. The Kier molecular flexibility index (Phi) is 5.28. The molecule has 6 heteroatoms. The lowest BCUT2D eigenvalue weighted by molar-refractivity contribution is -0.119. The van der Waals surface area contributed by atoms with Gasteiger partial charge in [0, 0.05) is 31.9 Å². The Bertz CT molecular complexity index is 737. The second-order valence-corrected chi connectivity index (χ2v) is 6.00. The molecule has 1 aliphatic rings. The van der Waals surface area contributed by atoms with Crippen molar-refractivity contribution in [2.24, 2.45) is 0 Å². The van der Waals surface area contributed by atoms with E-state index in [1.165, 1.54) is 5.56 Å². The zero-order valence-corrected chi connectivity index (χ0v) is 14.3. The van der Waals surface area contributed by atoms with Gasteiger partial charge in [-0.1, -0.05) is 25.1 Å². The first kappa shape index (κ1) is 17.0. The molecular formula is C19H22N4O2. The number of nitrogens with one attached hydrogen (secondary N) is 1. The number of aromatic nitrogens is 1. The van der Waals surface area contributed by atoms with E-state index in [9.17, 15) is 9.59 Å². The van der Waals surface area contributed by atoms with E-state index in [2.05, 4.69) is 23.3 Å². The summed E-state index contributed by atoms with van der Waals surface area (Å²) >= 11 is 0. The average molecular weight is 338 g/mol. The van der Waals surface area contributed by atoms with Crippen LogP contribution in [0.3, 0.4) is 0 Å². The van der Waals surface area contributed by atoms with Gasteiger partial charge in [0.15, 0.2) is 0 Å².